The molecule has 2 N–H and O–H groups in total. The zero-order valence-electron chi connectivity index (χ0n) is 16.2. The Morgan fingerprint density at radius 1 is 0.931 bits per heavy atom. The highest BCUT2D eigenvalue weighted by Gasteiger charge is 2.33. The van der Waals surface area contributed by atoms with E-state index in [-0.39, 0.29) is 22.5 Å². The average molecular weight is 408 g/mol. The lowest BCUT2D eigenvalue weighted by Crippen LogP contribution is -2.11. The van der Waals surface area contributed by atoms with Crippen molar-refractivity contribution in [1.82, 2.24) is 0 Å². The molecule has 1 aliphatic rings. The molecule has 0 aliphatic carbocycles. The predicted molar refractivity (Wildman–Crippen MR) is 111 cm³/mol. The van der Waals surface area contributed by atoms with E-state index in [1.807, 2.05) is 32.9 Å². The second kappa shape index (κ2) is 7.37. The monoisotopic (exact) mass is 408 g/mol. The molecule has 3 aromatic carbocycles. The van der Waals surface area contributed by atoms with Crippen molar-refractivity contribution in [2.45, 2.75) is 31.1 Å². The molecule has 0 aromatic heterocycles. The van der Waals surface area contributed by atoms with Crippen molar-refractivity contribution in [3.8, 4) is 23.0 Å². The van der Waals surface area contributed by atoms with Gasteiger partial charge in [-0.05, 0) is 50.1 Å². The number of thioether (sulfide) groups is 1. The van der Waals surface area contributed by atoms with E-state index in [9.17, 15) is 15.0 Å². The first-order valence-electron chi connectivity index (χ1n) is 9.13. The maximum Gasteiger partial charge on any atom is 0.347 e. The second-order valence-electron chi connectivity index (χ2n) is 6.90. The van der Waals surface area contributed by atoms with Gasteiger partial charge in [-0.25, -0.2) is 4.79 Å². The zero-order valence-corrected chi connectivity index (χ0v) is 17.0. The first-order valence-corrected chi connectivity index (χ1v) is 10.0. The second-order valence-corrected chi connectivity index (χ2v) is 7.97. The largest absolute Gasteiger partial charge is 0.507 e. The topological polar surface area (TPSA) is 76.0 Å². The molecule has 5 nitrogen and oxygen atoms in total. The molecule has 0 saturated carbocycles. The minimum Gasteiger partial charge on any atom is -0.507 e. The van der Waals surface area contributed by atoms with Crippen LogP contribution in [0.2, 0.25) is 0 Å². The quantitative estimate of drug-likeness (QED) is 0.445. The van der Waals surface area contributed by atoms with E-state index < -0.39 is 5.97 Å². The lowest BCUT2D eigenvalue weighted by Gasteiger charge is -2.16. The molecule has 1 atom stereocenters. The summed E-state index contributed by atoms with van der Waals surface area (Å²) in [4.78, 5) is 13.5. The number of aromatic hydroxyl groups is 2. The van der Waals surface area contributed by atoms with Crippen molar-refractivity contribution >= 4 is 17.7 Å². The minimum absolute atomic E-state index is 0.112. The standard InChI is InChI=1S/C23H20O5S/c1-12-13(2)20-21(29-23(28-20)16-9-5-7-11-18(16)25)14(3)19(12)27-22(26)15-8-4-6-10-17(15)24/h4-11,23-25H,1-3H3. The molecule has 3 aromatic rings. The summed E-state index contributed by atoms with van der Waals surface area (Å²) >= 11 is 1.47. The third kappa shape index (κ3) is 3.29. The molecule has 148 valence electrons. The summed E-state index contributed by atoms with van der Waals surface area (Å²) < 4.78 is 11.8. The number of ether oxygens (including phenoxy) is 2. The van der Waals surface area contributed by atoms with Gasteiger partial charge in [-0.3, -0.25) is 0 Å². The maximum atomic E-state index is 12.6. The van der Waals surface area contributed by atoms with E-state index in [0.717, 1.165) is 27.3 Å². The Labute approximate surface area is 172 Å². The number of benzene rings is 3. The fraction of sp³-hybridized carbons (Fsp3) is 0.174. The van der Waals surface area contributed by atoms with E-state index in [0.29, 0.717) is 11.3 Å². The molecule has 0 saturated heterocycles. The third-order valence-corrected chi connectivity index (χ3v) is 6.38. The summed E-state index contributed by atoms with van der Waals surface area (Å²) in [7, 11) is 0. The first-order chi connectivity index (χ1) is 13.9. The van der Waals surface area contributed by atoms with Crippen molar-refractivity contribution in [2.24, 2.45) is 0 Å². The van der Waals surface area contributed by atoms with Crippen LogP contribution in [-0.2, 0) is 0 Å². The number of carbonyl (C=O) groups excluding carboxylic acids is 1. The summed E-state index contributed by atoms with van der Waals surface area (Å²) in [6.45, 7) is 5.67. The van der Waals surface area contributed by atoms with Gasteiger partial charge in [0.25, 0.3) is 0 Å². The molecule has 0 radical (unpaired) electrons. The molecule has 1 aliphatic heterocycles. The highest BCUT2D eigenvalue weighted by Crippen LogP contribution is 2.55. The van der Waals surface area contributed by atoms with Crippen molar-refractivity contribution in [2.75, 3.05) is 0 Å². The summed E-state index contributed by atoms with van der Waals surface area (Å²) in [5.74, 6) is 0.637. The van der Waals surface area contributed by atoms with Crippen LogP contribution in [0.25, 0.3) is 0 Å². The molecule has 4 rings (SSSR count). The minimum atomic E-state index is -0.616. The number of carbonyl (C=O) groups is 1. The van der Waals surface area contributed by atoms with Gasteiger partial charge >= 0.3 is 5.97 Å². The molecule has 0 bridgehead atoms. The highest BCUT2D eigenvalue weighted by atomic mass is 32.2. The first kappa shape index (κ1) is 19.2. The lowest BCUT2D eigenvalue weighted by atomic mass is 10.0. The van der Waals surface area contributed by atoms with Gasteiger partial charge in [-0.2, -0.15) is 0 Å². The Kier molecular flexibility index (Phi) is 4.88. The van der Waals surface area contributed by atoms with Crippen molar-refractivity contribution in [1.29, 1.82) is 0 Å². The lowest BCUT2D eigenvalue weighted by molar-refractivity contribution is 0.0728. The van der Waals surface area contributed by atoms with Crippen LogP contribution in [0.4, 0.5) is 0 Å². The molecule has 0 spiro atoms. The average Bonchev–Trinajstić information content (AvgIpc) is 3.15. The van der Waals surface area contributed by atoms with Crippen LogP contribution in [-0.4, -0.2) is 16.2 Å². The van der Waals surface area contributed by atoms with E-state index in [4.69, 9.17) is 9.47 Å². The fourth-order valence-corrected chi connectivity index (χ4v) is 4.61. The number of hydrogen-bond donors (Lipinski definition) is 2. The number of phenolic OH excluding ortho intramolecular Hbond substituents is 2. The summed E-state index contributed by atoms with van der Waals surface area (Å²) in [5.41, 5.74) is 2.87. The molecule has 6 heteroatoms. The van der Waals surface area contributed by atoms with E-state index in [1.54, 1.807) is 24.3 Å². The van der Waals surface area contributed by atoms with Crippen LogP contribution in [0.3, 0.4) is 0 Å². The van der Waals surface area contributed by atoms with Crippen LogP contribution in [0, 0.1) is 20.8 Å². The van der Waals surface area contributed by atoms with Gasteiger partial charge in [0.05, 0.1) is 4.90 Å². The van der Waals surface area contributed by atoms with Crippen molar-refractivity contribution in [3.63, 3.8) is 0 Å². The fourth-order valence-electron chi connectivity index (χ4n) is 3.35. The number of phenols is 2. The van der Waals surface area contributed by atoms with Crippen LogP contribution in [0.15, 0.2) is 53.4 Å². The Morgan fingerprint density at radius 3 is 2.28 bits per heavy atom. The number of esters is 1. The van der Waals surface area contributed by atoms with E-state index >= 15 is 0 Å². The van der Waals surface area contributed by atoms with Gasteiger partial charge in [-0.1, -0.05) is 42.1 Å². The van der Waals surface area contributed by atoms with Gasteiger partial charge in [0, 0.05) is 11.1 Å². The van der Waals surface area contributed by atoms with Crippen molar-refractivity contribution in [3.05, 3.63) is 76.3 Å². The van der Waals surface area contributed by atoms with Gasteiger partial charge in [0.1, 0.15) is 28.6 Å². The van der Waals surface area contributed by atoms with Crippen LogP contribution in [0.1, 0.15) is 38.0 Å². The number of hydrogen-bond acceptors (Lipinski definition) is 6. The van der Waals surface area contributed by atoms with Crippen LogP contribution in [0.5, 0.6) is 23.0 Å². The van der Waals surface area contributed by atoms with Gasteiger partial charge in [0.2, 0.25) is 0 Å². The van der Waals surface area contributed by atoms with Gasteiger partial charge < -0.3 is 19.7 Å². The Balaban J connectivity index is 1.71. The van der Waals surface area contributed by atoms with Crippen LogP contribution >= 0.6 is 11.8 Å². The summed E-state index contributed by atoms with van der Waals surface area (Å²) in [6.07, 6.45) is 0. The summed E-state index contributed by atoms with van der Waals surface area (Å²) in [5, 5.41) is 20.1. The van der Waals surface area contributed by atoms with Crippen molar-refractivity contribution < 1.29 is 24.5 Å². The maximum absolute atomic E-state index is 12.6. The van der Waals surface area contributed by atoms with E-state index in [1.165, 1.54) is 23.9 Å². The molecule has 29 heavy (non-hydrogen) atoms. The van der Waals surface area contributed by atoms with E-state index in [2.05, 4.69) is 0 Å². The smallest absolute Gasteiger partial charge is 0.347 e. The molecular formula is C23H20O5S. The van der Waals surface area contributed by atoms with Crippen LogP contribution < -0.4 is 9.47 Å². The number of para-hydroxylation sites is 2. The zero-order chi connectivity index (χ0) is 20.7. The Bertz CT molecular complexity index is 1120. The Morgan fingerprint density at radius 2 is 1.59 bits per heavy atom. The molecule has 1 heterocycles. The molecular weight excluding hydrogens is 388 g/mol. The predicted octanol–water partition coefficient (Wildman–Crippen LogP) is 5.43. The van der Waals surface area contributed by atoms with Gasteiger partial charge in [-0.15, -0.1) is 0 Å². The Hall–Kier alpha value is -3.12. The van der Waals surface area contributed by atoms with Gasteiger partial charge in [0.15, 0.2) is 5.44 Å². The number of fused-ring (bicyclic) bond motifs is 1. The highest BCUT2D eigenvalue weighted by molar-refractivity contribution is 7.99. The molecule has 0 amide bonds. The normalized spacial score (nSPS) is 14.9. The number of rotatable bonds is 3. The molecule has 1 unspecified atom stereocenters. The third-order valence-electron chi connectivity index (χ3n) is 5.09. The molecule has 0 fully saturated rings. The SMILES string of the molecule is Cc1c(C)c2c(c(C)c1OC(=O)c1ccccc1O)SC(c1ccccc1O)O2. The summed E-state index contributed by atoms with van der Waals surface area (Å²) in [6, 6.07) is 13.4.